The van der Waals surface area contributed by atoms with Gasteiger partial charge in [-0.15, -0.1) is 0 Å². The molecule has 6 nitrogen and oxygen atoms in total. The van der Waals surface area contributed by atoms with Crippen molar-refractivity contribution in [3.63, 3.8) is 0 Å². The highest BCUT2D eigenvalue weighted by Gasteiger charge is 2.05. The second-order valence-electron chi connectivity index (χ2n) is 4.92. The number of phenolic OH excluding ortho intramolecular Hbond substituents is 1. The minimum absolute atomic E-state index is 0.0295. The highest BCUT2D eigenvalue weighted by molar-refractivity contribution is 6.30. The maximum Gasteiger partial charge on any atom is 0.277 e. The SMILES string of the molecule is COc1ccc(O)c(/C=N/NC(=O)COc2ccc(Cl)cc2C)c1. The van der Waals surface area contributed by atoms with E-state index >= 15 is 0 Å². The van der Waals surface area contributed by atoms with Crippen LogP contribution in [0.2, 0.25) is 5.02 Å². The van der Waals surface area contributed by atoms with Crippen molar-refractivity contribution < 1.29 is 19.4 Å². The van der Waals surface area contributed by atoms with E-state index in [4.69, 9.17) is 21.1 Å². The van der Waals surface area contributed by atoms with Gasteiger partial charge in [0.1, 0.15) is 17.2 Å². The van der Waals surface area contributed by atoms with Gasteiger partial charge in [0.25, 0.3) is 5.91 Å². The number of ether oxygens (including phenoxy) is 2. The largest absolute Gasteiger partial charge is 0.507 e. The molecule has 126 valence electrons. The Balaban J connectivity index is 1.89. The fraction of sp³-hybridized carbons (Fsp3) is 0.176. The van der Waals surface area contributed by atoms with E-state index in [1.807, 2.05) is 6.92 Å². The van der Waals surface area contributed by atoms with Crippen molar-refractivity contribution in [2.45, 2.75) is 6.92 Å². The number of hydrogen-bond donors (Lipinski definition) is 2. The third kappa shape index (κ3) is 4.89. The molecule has 0 aromatic heterocycles. The summed E-state index contributed by atoms with van der Waals surface area (Å²) in [6, 6.07) is 9.83. The quantitative estimate of drug-likeness (QED) is 0.621. The van der Waals surface area contributed by atoms with Gasteiger partial charge in [0.05, 0.1) is 13.3 Å². The molecule has 0 heterocycles. The molecule has 0 unspecified atom stereocenters. The van der Waals surface area contributed by atoms with Crippen molar-refractivity contribution in [3.05, 3.63) is 52.5 Å². The first-order valence-corrected chi connectivity index (χ1v) is 7.45. The maximum atomic E-state index is 11.7. The Labute approximate surface area is 144 Å². The Hall–Kier alpha value is -2.73. The molecule has 2 aromatic carbocycles. The number of nitrogens with zero attached hydrogens (tertiary/aromatic N) is 1. The smallest absolute Gasteiger partial charge is 0.277 e. The van der Waals surface area contributed by atoms with Crippen molar-refractivity contribution in [1.29, 1.82) is 0 Å². The molecule has 0 saturated carbocycles. The second-order valence-corrected chi connectivity index (χ2v) is 5.35. The average molecular weight is 349 g/mol. The van der Waals surface area contributed by atoms with Crippen LogP contribution in [0.3, 0.4) is 0 Å². The van der Waals surface area contributed by atoms with Crippen molar-refractivity contribution in [2.75, 3.05) is 13.7 Å². The first-order valence-electron chi connectivity index (χ1n) is 7.07. The lowest BCUT2D eigenvalue weighted by Gasteiger charge is -2.08. The summed E-state index contributed by atoms with van der Waals surface area (Å²) in [4.78, 5) is 11.7. The lowest BCUT2D eigenvalue weighted by atomic mass is 10.2. The summed E-state index contributed by atoms with van der Waals surface area (Å²) in [7, 11) is 1.52. The van der Waals surface area contributed by atoms with Gasteiger partial charge < -0.3 is 14.6 Å². The number of hydrogen-bond acceptors (Lipinski definition) is 5. The summed E-state index contributed by atoms with van der Waals surface area (Å²) < 4.78 is 10.5. The lowest BCUT2D eigenvalue weighted by molar-refractivity contribution is -0.123. The molecular formula is C17H17ClN2O4. The maximum absolute atomic E-state index is 11.7. The molecule has 0 radical (unpaired) electrons. The number of carbonyl (C=O) groups is 1. The Morgan fingerprint density at radius 1 is 1.33 bits per heavy atom. The molecule has 1 amide bonds. The van der Waals surface area contributed by atoms with Crippen LogP contribution in [0.5, 0.6) is 17.2 Å². The van der Waals surface area contributed by atoms with E-state index in [9.17, 15) is 9.90 Å². The van der Waals surface area contributed by atoms with Gasteiger partial charge in [-0.25, -0.2) is 5.43 Å². The summed E-state index contributed by atoms with van der Waals surface area (Å²) >= 11 is 5.86. The molecule has 0 bridgehead atoms. The van der Waals surface area contributed by atoms with Crippen molar-refractivity contribution in [3.8, 4) is 17.2 Å². The normalized spacial score (nSPS) is 10.6. The fourth-order valence-corrected chi connectivity index (χ4v) is 2.11. The molecule has 0 saturated heterocycles. The van der Waals surface area contributed by atoms with Gasteiger partial charge in [0, 0.05) is 10.6 Å². The number of hydrazone groups is 1. The van der Waals surface area contributed by atoms with E-state index in [2.05, 4.69) is 10.5 Å². The van der Waals surface area contributed by atoms with Crippen molar-refractivity contribution in [2.24, 2.45) is 5.10 Å². The first kappa shape index (κ1) is 17.6. The second kappa shape index (κ2) is 8.21. The lowest BCUT2D eigenvalue weighted by Crippen LogP contribution is -2.24. The number of phenols is 1. The summed E-state index contributed by atoms with van der Waals surface area (Å²) in [5.74, 6) is 0.746. The monoisotopic (exact) mass is 348 g/mol. The number of amides is 1. The zero-order valence-electron chi connectivity index (χ0n) is 13.2. The summed E-state index contributed by atoms with van der Waals surface area (Å²) in [6.07, 6.45) is 1.32. The van der Waals surface area contributed by atoms with Crippen LogP contribution in [0.1, 0.15) is 11.1 Å². The van der Waals surface area contributed by atoms with Crippen LogP contribution >= 0.6 is 11.6 Å². The average Bonchev–Trinajstić information content (AvgIpc) is 2.55. The molecular weight excluding hydrogens is 332 g/mol. The standard InChI is InChI=1S/C17H17ClN2O4/c1-11-7-13(18)3-6-16(11)24-10-17(22)20-19-9-12-8-14(23-2)4-5-15(12)21/h3-9,21H,10H2,1-2H3,(H,20,22)/b19-9+. The van der Waals surface area contributed by atoms with Gasteiger partial charge in [0.15, 0.2) is 6.61 Å². The van der Waals surface area contributed by atoms with Crippen molar-refractivity contribution in [1.82, 2.24) is 5.43 Å². The number of aryl methyl sites for hydroxylation is 1. The molecule has 2 aromatic rings. The van der Waals surface area contributed by atoms with Gasteiger partial charge in [-0.3, -0.25) is 4.79 Å². The van der Waals surface area contributed by atoms with E-state index < -0.39 is 5.91 Å². The van der Waals surface area contributed by atoms with Crippen LogP contribution in [0.25, 0.3) is 0 Å². The third-order valence-corrected chi connectivity index (χ3v) is 3.36. The molecule has 24 heavy (non-hydrogen) atoms. The molecule has 0 atom stereocenters. The van der Waals surface area contributed by atoms with Crippen LogP contribution in [0.15, 0.2) is 41.5 Å². The fourth-order valence-electron chi connectivity index (χ4n) is 1.89. The zero-order valence-corrected chi connectivity index (χ0v) is 14.0. The molecule has 2 N–H and O–H groups in total. The van der Waals surface area contributed by atoms with Crippen LogP contribution in [0, 0.1) is 6.92 Å². The molecule has 0 aliphatic rings. The van der Waals surface area contributed by atoms with Crippen LogP contribution in [-0.2, 0) is 4.79 Å². The number of benzene rings is 2. The molecule has 2 rings (SSSR count). The minimum atomic E-state index is -0.428. The zero-order chi connectivity index (χ0) is 17.5. The summed E-state index contributed by atoms with van der Waals surface area (Å²) in [5, 5.41) is 14.1. The predicted molar refractivity (Wildman–Crippen MR) is 92.1 cm³/mol. The van der Waals surface area contributed by atoms with Crippen LogP contribution < -0.4 is 14.9 Å². The van der Waals surface area contributed by atoms with Gasteiger partial charge in [0.2, 0.25) is 0 Å². The summed E-state index contributed by atoms with van der Waals surface area (Å²) in [5.41, 5.74) is 3.58. The highest BCUT2D eigenvalue weighted by Crippen LogP contribution is 2.22. The number of aromatic hydroxyl groups is 1. The Morgan fingerprint density at radius 2 is 2.12 bits per heavy atom. The van der Waals surface area contributed by atoms with E-state index in [1.165, 1.54) is 19.4 Å². The molecule has 0 fully saturated rings. The number of rotatable bonds is 6. The molecule has 7 heteroatoms. The van der Waals surface area contributed by atoms with Crippen LogP contribution in [0.4, 0.5) is 0 Å². The number of methoxy groups -OCH3 is 1. The Morgan fingerprint density at radius 3 is 2.83 bits per heavy atom. The number of nitrogens with one attached hydrogen (secondary N) is 1. The first-order chi connectivity index (χ1) is 11.5. The molecule has 0 spiro atoms. The van der Waals surface area contributed by atoms with Gasteiger partial charge in [-0.2, -0.15) is 5.10 Å². The molecule has 0 aliphatic heterocycles. The summed E-state index contributed by atoms with van der Waals surface area (Å²) in [6.45, 7) is 1.65. The predicted octanol–water partition coefficient (Wildman–Crippen LogP) is 2.89. The van der Waals surface area contributed by atoms with Gasteiger partial charge in [-0.1, -0.05) is 11.6 Å². The van der Waals surface area contributed by atoms with Gasteiger partial charge >= 0.3 is 0 Å². The Bertz CT molecular complexity index is 762. The topological polar surface area (TPSA) is 80.2 Å². The van der Waals surface area contributed by atoms with E-state index in [-0.39, 0.29) is 12.4 Å². The third-order valence-electron chi connectivity index (χ3n) is 3.12. The van der Waals surface area contributed by atoms with E-state index in [0.29, 0.717) is 22.1 Å². The molecule has 0 aliphatic carbocycles. The number of halogens is 1. The van der Waals surface area contributed by atoms with Crippen molar-refractivity contribution >= 4 is 23.7 Å². The highest BCUT2D eigenvalue weighted by atomic mass is 35.5. The minimum Gasteiger partial charge on any atom is -0.507 e. The van der Waals surface area contributed by atoms with E-state index in [1.54, 1.807) is 30.3 Å². The Kier molecular flexibility index (Phi) is 6.03. The van der Waals surface area contributed by atoms with Crippen LogP contribution in [-0.4, -0.2) is 30.9 Å². The van der Waals surface area contributed by atoms with Gasteiger partial charge in [-0.05, 0) is 48.9 Å². The number of carbonyl (C=O) groups excluding carboxylic acids is 1. The van der Waals surface area contributed by atoms with E-state index in [0.717, 1.165) is 5.56 Å².